The van der Waals surface area contributed by atoms with Crippen LogP contribution in [0.5, 0.6) is 5.75 Å². The molecular formula is C26H24N2O4. The summed E-state index contributed by atoms with van der Waals surface area (Å²) in [6.07, 6.45) is 5.91. The molecule has 3 heterocycles. The molecule has 0 N–H and O–H groups in total. The molecule has 2 amide bonds. The van der Waals surface area contributed by atoms with Crippen molar-refractivity contribution in [2.24, 2.45) is 11.8 Å². The number of imide groups is 1. The maximum atomic E-state index is 12.6. The van der Waals surface area contributed by atoms with E-state index in [4.69, 9.17) is 14.7 Å². The Bertz CT molecular complexity index is 1050. The summed E-state index contributed by atoms with van der Waals surface area (Å²) in [5.74, 6) is 0.0372. The quantitative estimate of drug-likeness (QED) is 0.364. The van der Waals surface area contributed by atoms with Crippen molar-refractivity contribution in [1.82, 2.24) is 4.90 Å². The molecule has 0 unspecified atom stereocenters. The second-order valence-corrected chi connectivity index (χ2v) is 8.45. The number of benzene rings is 2. The maximum Gasteiger partial charge on any atom is 0.236 e. The average Bonchev–Trinajstić information content (AvgIpc) is 3.51. The molecule has 0 aliphatic carbocycles. The van der Waals surface area contributed by atoms with Crippen molar-refractivity contribution in [2.45, 2.75) is 31.5 Å². The molecule has 3 aliphatic heterocycles. The number of rotatable bonds is 8. The van der Waals surface area contributed by atoms with Crippen molar-refractivity contribution in [2.75, 3.05) is 13.2 Å². The number of hydrogen-bond donors (Lipinski definition) is 0. The highest BCUT2D eigenvalue weighted by molar-refractivity contribution is 6.06. The van der Waals surface area contributed by atoms with E-state index < -0.39 is 0 Å². The summed E-state index contributed by atoms with van der Waals surface area (Å²) >= 11 is 0. The number of unbranched alkanes of at least 4 members (excludes halogenated alkanes) is 2. The van der Waals surface area contributed by atoms with Crippen LogP contribution in [0.4, 0.5) is 0 Å². The summed E-state index contributed by atoms with van der Waals surface area (Å²) < 4.78 is 11.5. The molecule has 2 aromatic carbocycles. The van der Waals surface area contributed by atoms with Gasteiger partial charge in [0.2, 0.25) is 11.8 Å². The van der Waals surface area contributed by atoms with Crippen LogP contribution >= 0.6 is 0 Å². The van der Waals surface area contributed by atoms with Crippen LogP contribution in [-0.2, 0) is 14.3 Å². The second kappa shape index (κ2) is 8.60. The molecular weight excluding hydrogens is 404 g/mol. The van der Waals surface area contributed by atoms with Crippen molar-refractivity contribution in [3.63, 3.8) is 0 Å². The standard InChI is InChI=1S/C26H24N2O4/c27-16-17-4-6-18(7-5-17)19-8-10-20(11-9-19)31-15-3-1-2-14-28-25(29)23-21-12-13-22(32-21)24(23)26(28)30/h4-13,21-24H,1-3,14-15H2/t21-,22+,23-,24+. The lowest BCUT2D eigenvalue weighted by Gasteiger charge is -2.17. The van der Waals surface area contributed by atoms with E-state index >= 15 is 0 Å². The molecule has 2 bridgehead atoms. The van der Waals surface area contributed by atoms with Crippen molar-refractivity contribution < 1.29 is 19.1 Å². The Hall–Kier alpha value is -3.43. The van der Waals surface area contributed by atoms with E-state index in [1.807, 2.05) is 60.7 Å². The van der Waals surface area contributed by atoms with Crippen molar-refractivity contribution in [3.8, 4) is 22.9 Å². The number of likely N-dealkylation sites (tertiary alicyclic amines) is 1. The topological polar surface area (TPSA) is 79.6 Å². The van der Waals surface area contributed by atoms with Gasteiger partial charge in [-0.05, 0) is 54.7 Å². The summed E-state index contributed by atoms with van der Waals surface area (Å²) in [7, 11) is 0. The first-order valence-corrected chi connectivity index (χ1v) is 11.1. The zero-order valence-electron chi connectivity index (χ0n) is 17.6. The normalized spacial score (nSPS) is 25.3. The predicted octanol–water partition coefficient (Wildman–Crippen LogP) is 3.71. The summed E-state index contributed by atoms with van der Waals surface area (Å²) in [4.78, 5) is 26.7. The minimum absolute atomic E-state index is 0.0737. The first-order chi connectivity index (χ1) is 15.7. The SMILES string of the molecule is N#Cc1ccc(-c2ccc(OCCCCCN3C(=O)[C@@H]4[C@H](C3=O)[C@H]3C=C[C@@H]4O3)cc2)cc1. The lowest BCUT2D eigenvalue weighted by molar-refractivity contribution is -0.142. The Morgan fingerprint density at radius 1 is 0.844 bits per heavy atom. The number of fused-ring (bicyclic) bond motifs is 5. The Morgan fingerprint density at radius 3 is 2.03 bits per heavy atom. The van der Waals surface area contributed by atoms with Crippen LogP contribution in [0.25, 0.3) is 11.1 Å². The fourth-order valence-corrected chi connectivity index (χ4v) is 4.81. The number of carbonyl (C=O) groups is 2. The Kier molecular flexibility index (Phi) is 5.50. The predicted molar refractivity (Wildman–Crippen MR) is 117 cm³/mol. The third-order valence-electron chi connectivity index (χ3n) is 6.50. The van der Waals surface area contributed by atoms with Crippen molar-refractivity contribution in [3.05, 3.63) is 66.2 Å². The summed E-state index contributed by atoms with van der Waals surface area (Å²) in [6.45, 7) is 1.06. The van der Waals surface area contributed by atoms with E-state index in [1.165, 1.54) is 4.90 Å². The lowest BCUT2D eigenvalue weighted by atomic mass is 9.85. The zero-order valence-corrected chi connectivity index (χ0v) is 17.6. The van der Waals surface area contributed by atoms with Crippen molar-refractivity contribution in [1.29, 1.82) is 5.26 Å². The fourth-order valence-electron chi connectivity index (χ4n) is 4.81. The Morgan fingerprint density at radius 2 is 1.44 bits per heavy atom. The molecule has 2 fully saturated rings. The first-order valence-electron chi connectivity index (χ1n) is 11.1. The van der Waals surface area contributed by atoms with Gasteiger partial charge in [0.25, 0.3) is 0 Å². The number of carbonyl (C=O) groups excluding carboxylic acids is 2. The van der Waals surface area contributed by atoms with E-state index in [1.54, 1.807) is 0 Å². The Balaban J connectivity index is 1.04. The first kappa shape index (κ1) is 20.5. The molecule has 3 aliphatic rings. The van der Waals surface area contributed by atoms with Gasteiger partial charge in [0, 0.05) is 6.54 Å². The summed E-state index contributed by atoms with van der Waals surface area (Å²) in [5.41, 5.74) is 2.77. The van der Waals surface area contributed by atoms with Gasteiger partial charge in [0.05, 0.1) is 42.3 Å². The second-order valence-electron chi connectivity index (χ2n) is 8.45. The molecule has 0 aromatic heterocycles. The molecule has 4 atom stereocenters. The van der Waals surface area contributed by atoms with Crippen LogP contribution in [0.2, 0.25) is 0 Å². The van der Waals surface area contributed by atoms with Gasteiger partial charge in [0.15, 0.2) is 0 Å². The highest BCUT2D eigenvalue weighted by Gasteiger charge is 2.60. The number of nitriles is 1. The van der Waals surface area contributed by atoms with Crippen LogP contribution in [-0.4, -0.2) is 42.1 Å². The van der Waals surface area contributed by atoms with Crippen LogP contribution in [0.15, 0.2) is 60.7 Å². The third kappa shape index (κ3) is 3.69. The van der Waals surface area contributed by atoms with Gasteiger partial charge in [0.1, 0.15) is 5.75 Å². The molecule has 5 rings (SSSR count). The molecule has 0 spiro atoms. The average molecular weight is 428 g/mol. The van der Waals surface area contributed by atoms with Crippen LogP contribution in [0.1, 0.15) is 24.8 Å². The summed E-state index contributed by atoms with van der Waals surface area (Å²) in [5, 5.41) is 8.90. The van der Waals surface area contributed by atoms with Gasteiger partial charge < -0.3 is 9.47 Å². The molecule has 0 radical (unpaired) electrons. The molecule has 6 heteroatoms. The highest BCUT2D eigenvalue weighted by atomic mass is 16.5. The van der Waals surface area contributed by atoms with Gasteiger partial charge >= 0.3 is 0 Å². The van der Waals surface area contributed by atoms with Gasteiger partial charge in [-0.25, -0.2) is 0 Å². The Labute approximate surface area is 187 Å². The minimum atomic E-state index is -0.312. The zero-order chi connectivity index (χ0) is 22.1. The smallest absolute Gasteiger partial charge is 0.236 e. The van der Waals surface area contributed by atoms with Crippen LogP contribution < -0.4 is 4.74 Å². The number of nitrogens with zero attached hydrogens (tertiary/aromatic N) is 2. The van der Waals surface area contributed by atoms with E-state index in [-0.39, 0.29) is 35.9 Å². The van der Waals surface area contributed by atoms with Gasteiger partial charge in [-0.15, -0.1) is 0 Å². The minimum Gasteiger partial charge on any atom is -0.494 e. The van der Waals surface area contributed by atoms with Gasteiger partial charge in [-0.1, -0.05) is 36.4 Å². The monoisotopic (exact) mass is 428 g/mol. The lowest BCUT2D eigenvalue weighted by Crippen LogP contribution is -2.35. The molecule has 32 heavy (non-hydrogen) atoms. The molecule has 2 saturated heterocycles. The molecule has 162 valence electrons. The van der Waals surface area contributed by atoms with E-state index in [9.17, 15) is 9.59 Å². The van der Waals surface area contributed by atoms with E-state index in [0.717, 1.165) is 36.1 Å². The maximum absolute atomic E-state index is 12.6. The van der Waals surface area contributed by atoms with Crippen LogP contribution in [0.3, 0.4) is 0 Å². The van der Waals surface area contributed by atoms with E-state index in [0.29, 0.717) is 18.7 Å². The van der Waals surface area contributed by atoms with Gasteiger partial charge in [-0.2, -0.15) is 5.26 Å². The fraction of sp³-hybridized carbons (Fsp3) is 0.346. The number of ether oxygens (including phenoxy) is 2. The molecule has 6 nitrogen and oxygen atoms in total. The van der Waals surface area contributed by atoms with Gasteiger partial charge in [-0.3, -0.25) is 14.5 Å². The van der Waals surface area contributed by atoms with Crippen LogP contribution in [0, 0.1) is 23.2 Å². The third-order valence-corrected chi connectivity index (χ3v) is 6.50. The molecule has 0 saturated carbocycles. The summed E-state index contributed by atoms with van der Waals surface area (Å²) in [6, 6.07) is 17.5. The van der Waals surface area contributed by atoms with Crippen molar-refractivity contribution >= 4 is 11.8 Å². The number of amides is 2. The molecule has 2 aromatic rings. The number of hydrogen-bond acceptors (Lipinski definition) is 5. The van der Waals surface area contributed by atoms with E-state index in [2.05, 4.69) is 6.07 Å². The highest BCUT2D eigenvalue weighted by Crippen LogP contribution is 2.45. The largest absolute Gasteiger partial charge is 0.494 e.